The Bertz CT molecular complexity index is 1440. The molecule has 2 unspecified atom stereocenters. The Hall–Kier alpha value is -3.10. The van der Waals surface area contributed by atoms with Crippen LogP contribution in [0.2, 0.25) is 6.55 Å². The Morgan fingerprint density at radius 3 is 1.37 bits per heavy atom. The van der Waals surface area contributed by atoms with Gasteiger partial charge in [-0.3, -0.25) is 0 Å². The number of hydrogen-bond donors (Lipinski definition) is 0. The van der Waals surface area contributed by atoms with Crippen LogP contribution in [0, 0.1) is 0 Å². The first-order chi connectivity index (χ1) is 21.0. The largest absolute Gasteiger partial charge is 0.422 e. The fourth-order valence-corrected chi connectivity index (χ4v) is 10.7. The van der Waals surface area contributed by atoms with Crippen molar-refractivity contribution in [2.24, 2.45) is 0 Å². The van der Waals surface area contributed by atoms with E-state index in [1.165, 1.54) is 22.3 Å². The van der Waals surface area contributed by atoms with Crippen molar-refractivity contribution in [2.75, 3.05) is 0 Å². The topological polar surface area (TPSA) is 9.23 Å². The van der Waals surface area contributed by atoms with E-state index in [2.05, 4.69) is 143 Å². The number of rotatable bonds is 7. The Kier molecular flexibility index (Phi) is 13.2. The number of fused-ring (bicyclic) bond motifs is 2. The van der Waals surface area contributed by atoms with Gasteiger partial charge in [0.05, 0.1) is 0 Å². The Labute approximate surface area is 273 Å². The Balaban J connectivity index is 0.000000171. The van der Waals surface area contributed by atoms with Crippen molar-refractivity contribution < 1.29 is 27.7 Å². The van der Waals surface area contributed by atoms with Crippen molar-refractivity contribution in [3.8, 4) is 0 Å². The van der Waals surface area contributed by atoms with Gasteiger partial charge in [-0.05, 0) is 25.0 Å². The molecule has 0 amide bonds. The van der Waals surface area contributed by atoms with Crippen LogP contribution in [0.4, 0.5) is 0 Å². The summed E-state index contributed by atoms with van der Waals surface area (Å²) in [6.45, 7) is 10.9. The third-order valence-corrected chi connectivity index (χ3v) is 13.8. The van der Waals surface area contributed by atoms with Crippen LogP contribution in [0.1, 0.15) is 68.3 Å². The van der Waals surface area contributed by atoms with Crippen LogP contribution >= 0.6 is 0 Å². The maximum atomic E-state index is 5.18. The van der Waals surface area contributed by atoms with E-state index in [1.54, 1.807) is 22.3 Å². The number of benzene rings is 4. The summed E-state index contributed by atoms with van der Waals surface area (Å²) in [6, 6.07) is 38.5. The van der Waals surface area contributed by atoms with Gasteiger partial charge in [0.1, 0.15) is 0 Å². The molecule has 2 atom stereocenters. The number of allylic oxidation sites excluding steroid dienone is 4. The molecule has 0 aliphatic heterocycles. The molecular weight excluding hydrogens is 616 g/mol. The van der Waals surface area contributed by atoms with Gasteiger partial charge < -0.3 is 4.43 Å². The third kappa shape index (κ3) is 9.97. The van der Waals surface area contributed by atoms with Crippen molar-refractivity contribution in [3.05, 3.63) is 166 Å². The van der Waals surface area contributed by atoms with Crippen LogP contribution in [0.5, 0.6) is 0 Å². The van der Waals surface area contributed by atoms with E-state index < -0.39 is 23.2 Å². The van der Waals surface area contributed by atoms with E-state index in [0.29, 0.717) is 6.10 Å². The molecule has 3 heteroatoms. The first kappa shape index (κ1) is 32.8. The molecule has 0 N–H and O–H groups in total. The summed E-state index contributed by atoms with van der Waals surface area (Å²) in [5.41, 5.74) is 11.7. The molecule has 0 aromatic heterocycles. The van der Waals surface area contributed by atoms with Crippen molar-refractivity contribution in [2.45, 2.75) is 47.6 Å². The predicted molar refractivity (Wildman–Crippen MR) is 187 cm³/mol. The summed E-state index contributed by atoms with van der Waals surface area (Å²) < 4.78 is 6.66. The second-order valence-corrected chi connectivity index (χ2v) is 15.7. The second kappa shape index (κ2) is 17.3. The van der Waals surface area contributed by atoms with Gasteiger partial charge in [-0.1, -0.05) is 91.5 Å². The maximum Gasteiger partial charge on any atom is 0.158 e. The van der Waals surface area contributed by atoms with Gasteiger partial charge in [-0.2, -0.15) is 0 Å². The summed E-state index contributed by atoms with van der Waals surface area (Å²) in [5.74, 6) is 0. The minimum Gasteiger partial charge on any atom is -0.422 e. The van der Waals surface area contributed by atoms with Crippen LogP contribution < -0.4 is 0 Å². The van der Waals surface area contributed by atoms with Gasteiger partial charge in [0.25, 0.3) is 0 Å². The zero-order chi connectivity index (χ0) is 30.4. The van der Waals surface area contributed by atoms with Crippen LogP contribution in [0.3, 0.4) is 0 Å². The van der Waals surface area contributed by atoms with E-state index in [-0.39, 0.29) is 9.76 Å². The molecule has 1 nitrogen and oxygen atoms in total. The van der Waals surface area contributed by atoms with Gasteiger partial charge in [0.2, 0.25) is 0 Å². The van der Waals surface area contributed by atoms with Crippen molar-refractivity contribution >= 4 is 34.1 Å². The normalized spacial score (nSPS) is 16.8. The van der Waals surface area contributed by atoms with Crippen molar-refractivity contribution in [1.82, 2.24) is 0 Å². The average molecular weight is 660 g/mol. The van der Waals surface area contributed by atoms with Gasteiger partial charge in [0, 0.05) is 6.10 Å². The SMILES string of the molecule is C(C=Cc1ccccc1)=Cc1ccccc1.CC1=Cc2ccccc2[CH]1[Zr][CH]1C(C)=Cc2ccccc21.C[SiH2]OC(C)C. The van der Waals surface area contributed by atoms with E-state index in [0.717, 1.165) is 7.25 Å². The summed E-state index contributed by atoms with van der Waals surface area (Å²) in [4.78, 5) is 0. The fourth-order valence-electron chi connectivity index (χ4n) is 5.36. The molecule has 0 fully saturated rings. The molecule has 2 aliphatic rings. The van der Waals surface area contributed by atoms with Crippen LogP contribution in [-0.2, 0) is 27.7 Å². The summed E-state index contributed by atoms with van der Waals surface area (Å²) >= 11 is -0.616. The Morgan fingerprint density at radius 1 is 0.605 bits per heavy atom. The molecule has 43 heavy (non-hydrogen) atoms. The molecule has 218 valence electrons. The maximum absolute atomic E-state index is 5.18. The molecule has 4 aromatic rings. The van der Waals surface area contributed by atoms with E-state index in [4.69, 9.17) is 4.43 Å². The van der Waals surface area contributed by atoms with E-state index in [1.807, 2.05) is 36.4 Å². The monoisotopic (exact) mass is 658 g/mol. The minimum absolute atomic E-state index is 0.133. The molecule has 0 heterocycles. The predicted octanol–water partition coefficient (Wildman–Crippen LogP) is 10.3. The molecule has 0 saturated carbocycles. The van der Waals surface area contributed by atoms with E-state index in [9.17, 15) is 0 Å². The van der Waals surface area contributed by atoms with Gasteiger partial charge >= 0.3 is 138 Å². The van der Waals surface area contributed by atoms with Gasteiger partial charge in [-0.15, -0.1) is 0 Å². The molecule has 0 spiro atoms. The summed E-state index contributed by atoms with van der Waals surface area (Å²) in [7, 11) is -0.133. The molecule has 6 rings (SSSR count). The summed E-state index contributed by atoms with van der Waals surface area (Å²) in [6.07, 6.45) is 13.6. The number of hydrogen-bond acceptors (Lipinski definition) is 1. The quantitative estimate of drug-likeness (QED) is 0.142. The third-order valence-electron chi connectivity index (χ3n) is 7.41. The summed E-state index contributed by atoms with van der Waals surface area (Å²) in [5, 5.41) is 0. The smallest absolute Gasteiger partial charge is 0.158 e. The molecule has 0 saturated heterocycles. The molecular formula is C40H44OSiZr. The van der Waals surface area contributed by atoms with Crippen molar-refractivity contribution in [1.29, 1.82) is 0 Å². The molecule has 4 aromatic carbocycles. The molecule has 2 aliphatic carbocycles. The standard InChI is InChI=1S/C16H14.2C10H9.C4H12OSi.Zr/c1-3-9-15(10-4-1)13-7-8-14-16-11-5-2-6-12-16;2*1-8-6-9-4-2-3-5-10(9)7-8;1-4(2)5-6-3;/h1-14H;2*2-7H,1H3;4H,6H2,1-3H3;. The van der Waals surface area contributed by atoms with Crippen molar-refractivity contribution in [3.63, 3.8) is 0 Å². The minimum atomic E-state index is -0.616. The van der Waals surface area contributed by atoms with Crippen LogP contribution in [-0.4, -0.2) is 15.9 Å². The van der Waals surface area contributed by atoms with Gasteiger partial charge in [-0.25, -0.2) is 0 Å². The molecule has 0 radical (unpaired) electrons. The first-order valence-corrected chi connectivity index (χ1v) is 20.2. The zero-order valence-electron chi connectivity index (χ0n) is 26.2. The van der Waals surface area contributed by atoms with Gasteiger partial charge in [0.15, 0.2) is 9.76 Å². The van der Waals surface area contributed by atoms with Crippen LogP contribution in [0.15, 0.2) is 132 Å². The van der Waals surface area contributed by atoms with E-state index >= 15 is 0 Å². The fraction of sp³-hybridized carbons (Fsp3) is 0.200. The Morgan fingerprint density at radius 2 is 1.00 bits per heavy atom. The zero-order valence-corrected chi connectivity index (χ0v) is 30.1. The molecule has 0 bridgehead atoms. The average Bonchev–Trinajstić information content (AvgIpc) is 3.52. The first-order valence-electron chi connectivity index (χ1n) is 15.3. The second-order valence-electron chi connectivity index (χ2n) is 11.1. The van der Waals surface area contributed by atoms with Crippen LogP contribution in [0.25, 0.3) is 24.3 Å².